The highest BCUT2D eigenvalue weighted by molar-refractivity contribution is 7.90. The molecule has 1 aromatic rings. The number of hydrogen-bond acceptors (Lipinski definition) is 3. The summed E-state index contributed by atoms with van der Waals surface area (Å²) in [7, 11) is -3.25. The number of allylic oxidation sites excluding steroid dienone is 2. The van der Waals surface area contributed by atoms with Crippen molar-refractivity contribution in [3.8, 4) is 0 Å². The molecule has 19 heavy (non-hydrogen) atoms. The molecule has 0 spiro atoms. The number of benzene rings is 1. The van der Waals surface area contributed by atoms with Crippen molar-refractivity contribution in [1.29, 1.82) is 0 Å². The molecule has 1 N–H and O–H groups in total. The van der Waals surface area contributed by atoms with E-state index in [9.17, 15) is 13.2 Å². The Labute approximate surface area is 113 Å². The highest BCUT2D eigenvalue weighted by Gasteiger charge is 2.14. The molecule has 0 radical (unpaired) electrons. The first-order chi connectivity index (χ1) is 8.95. The fourth-order valence-electron chi connectivity index (χ4n) is 2.12. The maximum Gasteiger partial charge on any atom is 0.224 e. The number of sulfone groups is 1. The van der Waals surface area contributed by atoms with Crippen LogP contribution in [0.15, 0.2) is 41.3 Å². The molecule has 0 aromatic heterocycles. The second-order valence-electron chi connectivity index (χ2n) is 4.82. The van der Waals surface area contributed by atoms with Gasteiger partial charge in [0, 0.05) is 18.4 Å². The highest BCUT2D eigenvalue weighted by Crippen LogP contribution is 2.21. The molecule has 5 heteroatoms. The third-order valence-electron chi connectivity index (χ3n) is 3.11. The number of carbonyl (C=O) groups excluding carboxylic acids is 1. The zero-order valence-electron chi connectivity index (χ0n) is 10.8. The van der Waals surface area contributed by atoms with E-state index >= 15 is 0 Å². The number of anilines is 1. The van der Waals surface area contributed by atoms with Gasteiger partial charge in [0.25, 0.3) is 0 Å². The van der Waals surface area contributed by atoms with Gasteiger partial charge < -0.3 is 5.32 Å². The standard InChI is InChI=1S/C14H17NO3S/c1-19(17,18)13-8-4-7-12(10-13)15-14(16)9-11-5-2-3-6-11/h2,4-5,7-8,10-11H,3,6,9H2,1H3,(H,15,16)/t11-/m0/s1. The van der Waals surface area contributed by atoms with Gasteiger partial charge in [-0.05, 0) is 37.0 Å². The van der Waals surface area contributed by atoms with Gasteiger partial charge in [0.2, 0.25) is 5.91 Å². The molecule has 0 bridgehead atoms. The number of nitrogens with one attached hydrogen (secondary N) is 1. The third kappa shape index (κ3) is 3.92. The fraction of sp³-hybridized carbons (Fsp3) is 0.357. The molecule has 1 aliphatic carbocycles. The molecule has 0 unspecified atom stereocenters. The summed E-state index contributed by atoms with van der Waals surface area (Å²) in [5.41, 5.74) is 0.523. The van der Waals surface area contributed by atoms with Crippen LogP contribution < -0.4 is 5.32 Å². The van der Waals surface area contributed by atoms with Crippen molar-refractivity contribution in [2.24, 2.45) is 5.92 Å². The first-order valence-corrected chi connectivity index (χ1v) is 8.11. The first kappa shape index (κ1) is 13.8. The average Bonchev–Trinajstić information content (AvgIpc) is 2.80. The Balaban J connectivity index is 2.02. The van der Waals surface area contributed by atoms with Crippen molar-refractivity contribution in [1.82, 2.24) is 0 Å². The first-order valence-electron chi connectivity index (χ1n) is 6.22. The van der Waals surface area contributed by atoms with E-state index in [1.165, 1.54) is 12.1 Å². The molecule has 0 saturated heterocycles. The van der Waals surface area contributed by atoms with Gasteiger partial charge in [-0.15, -0.1) is 0 Å². The molecule has 102 valence electrons. The van der Waals surface area contributed by atoms with Crippen LogP contribution in [0.3, 0.4) is 0 Å². The monoisotopic (exact) mass is 279 g/mol. The number of carbonyl (C=O) groups is 1. The van der Waals surface area contributed by atoms with Gasteiger partial charge in [-0.25, -0.2) is 8.42 Å². The van der Waals surface area contributed by atoms with Gasteiger partial charge in [0.15, 0.2) is 9.84 Å². The van der Waals surface area contributed by atoms with Crippen LogP contribution in [-0.4, -0.2) is 20.6 Å². The SMILES string of the molecule is CS(=O)(=O)c1cccc(NC(=O)C[C@H]2C=CCC2)c1. The zero-order chi connectivity index (χ0) is 13.9. The summed E-state index contributed by atoms with van der Waals surface area (Å²) in [5, 5.41) is 2.74. The summed E-state index contributed by atoms with van der Waals surface area (Å²) in [6.45, 7) is 0. The van der Waals surface area contributed by atoms with E-state index in [1.54, 1.807) is 12.1 Å². The Bertz CT molecular complexity index is 605. The van der Waals surface area contributed by atoms with Crippen LogP contribution in [0.5, 0.6) is 0 Å². The van der Waals surface area contributed by atoms with Crippen LogP contribution in [0.1, 0.15) is 19.3 Å². The van der Waals surface area contributed by atoms with Gasteiger partial charge in [0.1, 0.15) is 0 Å². The van der Waals surface area contributed by atoms with Crippen molar-refractivity contribution >= 4 is 21.4 Å². The maximum absolute atomic E-state index is 11.8. The van der Waals surface area contributed by atoms with Gasteiger partial charge in [-0.3, -0.25) is 4.79 Å². The molecule has 1 aromatic carbocycles. The zero-order valence-corrected chi connectivity index (χ0v) is 11.6. The topological polar surface area (TPSA) is 63.2 Å². The Morgan fingerprint density at radius 2 is 2.21 bits per heavy atom. The van der Waals surface area contributed by atoms with Gasteiger partial charge in [0.05, 0.1) is 4.90 Å². The predicted octanol–water partition coefficient (Wildman–Crippen LogP) is 2.38. The van der Waals surface area contributed by atoms with Crippen LogP contribution in [0.2, 0.25) is 0 Å². The van der Waals surface area contributed by atoms with Crippen molar-refractivity contribution in [3.63, 3.8) is 0 Å². The summed E-state index contributed by atoms with van der Waals surface area (Å²) in [5.74, 6) is 0.222. The van der Waals surface area contributed by atoms with Crippen LogP contribution in [0.25, 0.3) is 0 Å². The normalized spacial score (nSPS) is 18.5. The molecule has 0 fully saturated rings. The predicted molar refractivity (Wildman–Crippen MR) is 74.7 cm³/mol. The minimum Gasteiger partial charge on any atom is -0.326 e. The van der Waals surface area contributed by atoms with E-state index in [1.807, 2.05) is 0 Å². The van der Waals surface area contributed by atoms with Crippen LogP contribution in [-0.2, 0) is 14.6 Å². The molecule has 4 nitrogen and oxygen atoms in total. The number of amides is 1. The van der Waals surface area contributed by atoms with E-state index in [-0.39, 0.29) is 10.8 Å². The van der Waals surface area contributed by atoms with E-state index in [2.05, 4.69) is 17.5 Å². The lowest BCUT2D eigenvalue weighted by Crippen LogP contribution is -2.15. The van der Waals surface area contributed by atoms with E-state index < -0.39 is 9.84 Å². The van der Waals surface area contributed by atoms with E-state index in [0.29, 0.717) is 18.0 Å². The second-order valence-corrected chi connectivity index (χ2v) is 6.83. The van der Waals surface area contributed by atoms with Crippen molar-refractivity contribution in [2.45, 2.75) is 24.2 Å². The van der Waals surface area contributed by atoms with Crippen molar-refractivity contribution in [3.05, 3.63) is 36.4 Å². The largest absolute Gasteiger partial charge is 0.326 e. The summed E-state index contributed by atoms with van der Waals surface area (Å²) >= 11 is 0. The smallest absolute Gasteiger partial charge is 0.224 e. The lowest BCUT2D eigenvalue weighted by atomic mass is 10.1. The molecular formula is C14H17NO3S. The number of hydrogen-bond donors (Lipinski definition) is 1. The summed E-state index contributed by atoms with van der Waals surface area (Å²) in [6.07, 6.45) is 7.78. The molecule has 0 saturated carbocycles. The minimum atomic E-state index is -3.25. The molecule has 0 aliphatic heterocycles. The van der Waals surface area contributed by atoms with Gasteiger partial charge in [-0.2, -0.15) is 0 Å². The quantitative estimate of drug-likeness (QED) is 0.861. The number of rotatable bonds is 4. The lowest BCUT2D eigenvalue weighted by molar-refractivity contribution is -0.116. The van der Waals surface area contributed by atoms with Gasteiger partial charge >= 0.3 is 0 Å². The highest BCUT2D eigenvalue weighted by atomic mass is 32.2. The Morgan fingerprint density at radius 3 is 2.84 bits per heavy atom. The summed E-state index contributed by atoms with van der Waals surface area (Å²) in [6, 6.07) is 6.32. The van der Waals surface area contributed by atoms with Crippen LogP contribution >= 0.6 is 0 Å². The van der Waals surface area contributed by atoms with E-state index in [4.69, 9.17) is 0 Å². The van der Waals surface area contributed by atoms with E-state index in [0.717, 1.165) is 19.1 Å². The van der Waals surface area contributed by atoms with Crippen LogP contribution in [0.4, 0.5) is 5.69 Å². The minimum absolute atomic E-state index is 0.0813. The molecule has 1 amide bonds. The Morgan fingerprint density at radius 1 is 1.42 bits per heavy atom. The van der Waals surface area contributed by atoms with Crippen molar-refractivity contribution in [2.75, 3.05) is 11.6 Å². The summed E-state index contributed by atoms with van der Waals surface area (Å²) in [4.78, 5) is 12.0. The molecule has 1 atom stereocenters. The van der Waals surface area contributed by atoms with Crippen LogP contribution in [0, 0.1) is 5.92 Å². The Kier molecular flexibility index (Phi) is 4.04. The van der Waals surface area contributed by atoms with Crippen molar-refractivity contribution < 1.29 is 13.2 Å². The Hall–Kier alpha value is -1.62. The molecule has 2 rings (SSSR count). The molecule has 0 heterocycles. The summed E-state index contributed by atoms with van der Waals surface area (Å²) < 4.78 is 22.9. The van der Waals surface area contributed by atoms with Gasteiger partial charge in [-0.1, -0.05) is 18.2 Å². The fourth-order valence-corrected chi connectivity index (χ4v) is 2.79. The third-order valence-corrected chi connectivity index (χ3v) is 4.22. The molecular weight excluding hydrogens is 262 g/mol. The molecule has 1 aliphatic rings. The second kappa shape index (κ2) is 5.57. The average molecular weight is 279 g/mol. The maximum atomic E-state index is 11.8. The lowest BCUT2D eigenvalue weighted by Gasteiger charge is -2.09.